The zero-order chi connectivity index (χ0) is 12.0. The Morgan fingerprint density at radius 2 is 2.25 bits per heavy atom. The Hall–Kier alpha value is -1.84. The average Bonchev–Trinajstić information content (AvgIpc) is 2.28. The molecular formula is C12H15NO3. The van der Waals surface area contributed by atoms with Crippen LogP contribution in [0.2, 0.25) is 0 Å². The van der Waals surface area contributed by atoms with Crippen LogP contribution in [0.4, 0.5) is 5.69 Å². The average molecular weight is 221 g/mol. The number of para-hydroxylation sites is 1. The maximum absolute atomic E-state index is 11.1. The number of benzene rings is 1. The van der Waals surface area contributed by atoms with E-state index in [0.29, 0.717) is 30.6 Å². The van der Waals surface area contributed by atoms with Crippen LogP contribution in [0.5, 0.6) is 0 Å². The molecule has 16 heavy (non-hydrogen) atoms. The van der Waals surface area contributed by atoms with Crippen LogP contribution in [0.25, 0.3) is 0 Å². The number of hydrogen-bond acceptors (Lipinski definition) is 4. The molecule has 1 aromatic carbocycles. The number of rotatable bonds is 5. The van der Waals surface area contributed by atoms with E-state index in [0.717, 1.165) is 5.56 Å². The number of ether oxygens (including phenoxy) is 1. The second-order valence-electron chi connectivity index (χ2n) is 3.34. The number of carbonyl (C=O) groups is 2. The molecule has 0 radical (unpaired) electrons. The molecule has 0 unspecified atom stereocenters. The van der Waals surface area contributed by atoms with Gasteiger partial charge in [-0.1, -0.05) is 12.1 Å². The molecule has 0 bridgehead atoms. The van der Waals surface area contributed by atoms with E-state index in [2.05, 4.69) is 0 Å². The molecule has 0 aliphatic carbocycles. The van der Waals surface area contributed by atoms with E-state index in [1.54, 1.807) is 19.1 Å². The SMILES string of the molecule is CCOC(=O)CCc1cccc(C=O)c1N. The standard InChI is InChI=1S/C12H15NO3/c1-2-16-11(15)7-6-9-4-3-5-10(8-14)12(9)13/h3-5,8H,2,6-7,13H2,1H3. The second kappa shape index (κ2) is 5.90. The van der Waals surface area contributed by atoms with Crippen molar-refractivity contribution < 1.29 is 14.3 Å². The number of aldehydes is 1. The highest BCUT2D eigenvalue weighted by atomic mass is 16.5. The zero-order valence-electron chi connectivity index (χ0n) is 9.23. The number of anilines is 1. The van der Waals surface area contributed by atoms with Gasteiger partial charge in [0.1, 0.15) is 0 Å². The lowest BCUT2D eigenvalue weighted by molar-refractivity contribution is -0.143. The molecule has 0 saturated carbocycles. The Morgan fingerprint density at radius 3 is 2.88 bits per heavy atom. The normalized spacial score (nSPS) is 9.81. The van der Waals surface area contributed by atoms with Gasteiger partial charge in [0.2, 0.25) is 0 Å². The molecule has 1 rings (SSSR count). The summed E-state index contributed by atoms with van der Waals surface area (Å²) in [5.74, 6) is -0.251. The first-order valence-electron chi connectivity index (χ1n) is 5.17. The first-order chi connectivity index (χ1) is 7.69. The van der Waals surface area contributed by atoms with Crippen LogP contribution in [0.1, 0.15) is 29.3 Å². The van der Waals surface area contributed by atoms with Crippen LogP contribution in [0.3, 0.4) is 0 Å². The maximum Gasteiger partial charge on any atom is 0.306 e. The summed E-state index contributed by atoms with van der Waals surface area (Å²) in [4.78, 5) is 21.8. The number of esters is 1. The lowest BCUT2D eigenvalue weighted by atomic mass is 10.0. The summed E-state index contributed by atoms with van der Waals surface area (Å²) >= 11 is 0. The molecule has 0 fully saturated rings. The van der Waals surface area contributed by atoms with Gasteiger partial charge in [-0.05, 0) is 25.0 Å². The van der Waals surface area contributed by atoms with Crippen molar-refractivity contribution in [3.63, 3.8) is 0 Å². The van der Waals surface area contributed by atoms with Crippen LogP contribution in [-0.2, 0) is 16.0 Å². The predicted molar refractivity (Wildman–Crippen MR) is 61.2 cm³/mol. The smallest absolute Gasteiger partial charge is 0.306 e. The molecule has 0 amide bonds. The van der Waals surface area contributed by atoms with E-state index < -0.39 is 0 Å². The molecule has 4 nitrogen and oxygen atoms in total. The van der Waals surface area contributed by atoms with Gasteiger partial charge in [0.25, 0.3) is 0 Å². The van der Waals surface area contributed by atoms with E-state index in [4.69, 9.17) is 10.5 Å². The molecule has 0 aromatic heterocycles. The van der Waals surface area contributed by atoms with Crippen LogP contribution < -0.4 is 5.73 Å². The van der Waals surface area contributed by atoms with Gasteiger partial charge in [0.05, 0.1) is 6.61 Å². The minimum atomic E-state index is -0.251. The molecule has 0 aliphatic rings. The molecule has 4 heteroatoms. The summed E-state index contributed by atoms with van der Waals surface area (Å²) in [5.41, 5.74) is 7.48. The minimum absolute atomic E-state index is 0.251. The fraction of sp³-hybridized carbons (Fsp3) is 0.333. The van der Waals surface area contributed by atoms with Crippen molar-refractivity contribution in [1.82, 2.24) is 0 Å². The Labute approximate surface area is 94.4 Å². The van der Waals surface area contributed by atoms with Crippen molar-refractivity contribution in [3.8, 4) is 0 Å². The summed E-state index contributed by atoms with van der Waals surface area (Å²) in [6.45, 7) is 2.14. The molecule has 86 valence electrons. The van der Waals surface area contributed by atoms with E-state index >= 15 is 0 Å². The summed E-state index contributed by atoms with van der Waals surface area (Å²) in [7, 11) is 0. The molecule has 0 aliphatic heterocycles. The fourth-order valence-electron chi connectivity index (χ4n) is 1.42. The molecule has 0 saturated heterocycles. The van der Waals surface area contributed by atoms with Gasteiger partial charge in [0.15, 0.2) is 6.29 Å². The van der Waals surface area contributed by atoms with E-state index in [1.807, 2.05) is 6.07 Å². The second-order valence-corrected chi connectivity index (χ2v) is 3.34. The van der Waals surface area contributed by atoms with Crippen molar-refractivity contribution >= 4 is 17.9 Å². The van der Waals surface area contributed by atoms with Crippen LogP contribution in [0, 0.1) is 0 Å². The minimum Gasteiger partial charge on any atom is -0.466 e. The van der Waals surface area contributed by atoms with E-state index in [-0.39, 0.29) is 12.4 Å². The highest BCUT2D eigenvalue weighted by Gasteiger charge is 2.07. The quantitative estimate of drug-likeness (QED) is 0.465. The largest absolute Gasteiger partial charge is 0.466 e. The van der Waals surface area contributed by atoms with E-state index in [1.165, 1.54) is 0 Å². The van der Waals surface area contributed by atoms with Gasteiger partial charge < -0.3 is 10.5 Å². The monoisotopic (exact) mass is 221 g/mol. The molecule has 0 spiro atoms. The van der Waals surface area contributed by atoms with Gasteiger partial charge in [0, 0.05) is 17.7 Å². The Bertz CT molecular complexity index is 388. The van der Waals surface area contributed by atoms with Crippen molar-refractivity contribution in [2.45, 2.75) is 19.8 Å². The third kappa shape index (κ3) is 3.08. The Kier molecular flexibility index (Phi) is 4.51. The Balaban J connectivity index is 2.67. The van der Waals surface area contributed by atoms with Crippen molar-refractivity contribution in [1.29, 1.82) is 0 Å². The topological polar surface area (TPSA) is 69.4 Å². The van der Waals surface area contributed by atoms with Gasteiger partial charge in [-0.2, -0.15) is 0 Å². The Morgan fingerprint density at radius 1 is 1.50 bits per heavy atom. The highest BCUT2D eigenvalue weighted by molar-refractivity contribution is 5.84. The van der Waals surface area contributed by atoms with Crippen molar-refractivity contribution in [2.24, 2.45) is 0 Å². The van der Waals surface area contributed by atoms with Gasteiger partial charge >= 0.3 is 5.97 Å². The van der Waals surface area contributed by atoms with Crippen LogP contribution >= 0.6 is 0 Å². The van der Waals surface area contributed by atoms with Gasteiger partial charge in [-0.3, -0.25) is 9.59 Å². The first kappa shape index (κ1) is 12.2. The molecular weight excluding hydrogens is 206 g/mol. The third-order valence-corrected chi connectivity index (χ3v) is 2.26. The number of hydrogen-bond donors (Lipinski definition) is 1. The molecule has 2 N–H and O–H groups in total. The molecule has 1 aromatic rings. The highest BCUT2D eigenvalue weighted by Crippen LogP contribution is 2.17. The van der Waals surface area contributed by atoms with Gasteiger partial charge in [-0.25, -0.2) is 0 Å². The fourth-order valence-corrected chi connectivity index (χ4v) is 1.42. The number of carbonyl (C=O) groups excluding carboxylic acids is 2. The zero-order valence-corrected chi connectivity index (χ0v) is 9.23. The summed E-state index contributed by atoms with van der Waals surface area (Å²) < 4.78 is 4.81. The maximum atomic E-state index is 11.1. The lowest BCUT2D eigenvalue weighted by Gasteiger charge is -2.07. The predicted octanol–water partition coefficient (Wildman–Crippen LogP) is 1.58. The number of nitrogens with two attached hydrogens (primary N) is 1. The number of nitrogen functional groups attached to an aromatic ring is 1. The third-order valence-electron chi connectivity index (χ3n) is 2.26. The number of aryl methyl sites for hydroxylation is 1. The summed E-state index contributed by atoms with van der Waals surface area (Å²) in [6, 6.07) is 5.21. The van der Waals surface area contributed by atoms with E-state index in [9.17, 15) is 9.59 Å². The molecule has 0 heterocycles. The van der Waals surface area contributed by atoms with Crippen molar-refractivity contribution in [2.75, 3.05) is 12.3 Å². The first-order valence-corrected chi connectivity index (χ1v) is 5.17. The summed E-state index contributed by atoms with van der Waals surface area (Å²) in [6.07, 6.45) is 1.48. The summed E-state index contributed by atoms with van der Waals surface area (Å²) in [5, 5.41) is 0. The van der Waals surface area contributed by atoms with Crippen molar-refractivity contribution in [3.05, 3.63) is 29.3 Å². The lowest BCUT2D eigenvalue weighted by Crippen LogP contribution is -2.07. The molecule has 0 atom stereocenters. The van der Waals surface area contributed by atoms with Crippen LogP contribution in [0.15, 0.2) is 18.2 Å². The van der Waals surface area contributed by atoms with Crippen LogP contribution in [-0.4, -0.2) is 18.9 Å². The van der Waals surface area contributed by atoms with Gasteiger partial charge in [-0.15, -0.1) is 0 Å².